The third-order valence-electron chi connectivity index (χ3n) is 4.00. The fraction of sp³-hybridized carbons (Fsp3) is 0.350. The highest BCUT2D eigenvalue weighted by Gasteiger charge is 2.30. The fourth-order valence-electron chi connectivity index (χ4n) is 2.73. The number of carbonyl (C=O) groups excluding carboxylic acids is 1. The van der Waals surface area contributed by atoms with Gasteiger partial charge in [0, 0.05) is 11.6 Å². The summed E-state index contributed by atoms with van der Waals surface area (Å²) in [4.78, 5) is 12.7. The van der Waals surface area contributed by atoms with Crippen molar-refractivity contribution in [2.24, 2.45) is 0 Å². The van der Waals surface area contributed by atoms with Crippen LogP contribution in [-0.2, 0) is 21.4 Å². The molecule has 0 heterocycles. The Labute approximate surface area is 181 Å². The van der Waals surface area contributed by atoms with Gasteiger partial charge in [0.1, 0.15) is 11.8 Å². The number of halogens is 2. The van der Waals surface area contributed by atoms with Crippen LogP contribution in [0.1, 0.15) is 26.3 Å². The second-order valence-electron chi connectivity index (χ2n) is 6.86. The minimum absolute atomic E-state index is 0.0710. The molecule has 0 unspecified atom stereocenters. The molecular formula is C20H24Cl2N2O4S. The topological polar surface area (TPSA) is 75.7 Å². The average Bonchev–Trinajstić information content (AvgIpc) is 2.62. The van der Waals surface area contributed by atoms with Crippen LogP contribution in [0.25, 0.3) is 0 Å². The predicted octanol–water partition coefficient (Wildman–Crippen LogP) is 4.25. The standard InChI is InChI=1S/C20H24Cl2N2O4S/c1-13(2)28-17-8-5-15(6-9-17)12-23-20(25)14(3)24(29(4,26)27)19-11-16(21)7-10-18(19)22/h5-11,13-14H,12H2,1-4H3,(H,23,25)/t14-/m1/s1. The molecule has 0 spiro atoms. The lowest BCUT2D eigenvalue weighted by Crippen LogP contribution is -2.47. The first-order valence-electron chi connectivity index (χ1n) is 8.97. The van der Waals surface area contributed by atoms with Crippen LogP contribution in [0, 0.1) is 0 Å². The van der Waals surface area contributed by atoms with E-state index in [1.165, 1.54) is 19.1 Å². The van der Waals surface area contributed by atoms with Crippen LogP contribution in [-0.4, -0.2) is 32.7 Å². The molecule has 29 heavy (non-hydrogen) atoms. The molecule has 9 heteroatoms. The number of anilines is 1. The van der Waals surface area contributed by atoms with Gasteiger partial charge in [-0.3, -0.25) is 9.10 Å². The van der Waals surface area contributed by atoms with Gasteiger partial charge < -0.3 is 10.1 Å². The number of hydrogen-bond acceptors (Lipinski definition) is 4. The summed E-state index contributed by atoms with van der Waals surface area (Å²) in [5.41, 5.74) is 1.01. The molecule has 0 aliphatic carbocycles. The molecule has 6 nitrogen and oxygen atoms in total. The number of nitrogens with zero attached hydrogens (tertiary/aromatic N) is 1. The van der Waals surface area contributed by atoms with Gasteiger partial charge in [-0.2, -0.15) is 0 Å². The number of rotatable bonds is 8. The summed E-state index contributed by atoms with van der Waals surface area (Å²) in [6.07, 6.45) is 1.09. The minimum Gasteiger partial charge on any atom is -0.491 e. The highest BCUT2D eigenvalue weighted by Crippen LogP contribution is 2.32. The quantitative estimate of drug-likeness (QED) is 0.641. The number of amides is 1. The molecule has 1 N–H and O–H groups in total. The zero-order valence-corrected chi connectivity index (χ0v) is 19.0. The molecule has 0 bridgehead atoms. The summed E-state index contributed by atoms with van der Waals surface area (Å²) in [6.45, 7) is 5.61. The lowest BCUT2D eigenvalue weighted by Gasteiger charge is -2.29. The van der Waals surface area contributed by atoms with Crippen LogP contribution in [0.2, 0.25) is 10.0 Å². The van der Waals surface area contributed by atoms with Gasteiger partial charge in [-0.15, -0.1) is 0 Å². The van der Waals surface area contributed by atoms with Crippen LogP contribution in [0.5, 0.6) is 5.75 Å². The first-order chi connectivity index (χ1) is 13.5. The third-order valence-corrected chi connectivity index (χ3v) is 5.78. The Morgan fingerprint density at radius 1 is 1.10 bits per heavy atom. The Bertz CT molecular complexity index is 963. The van der Waals surface area contributed by atoms with Gasteiger partial charge in [-0.1, -0.05) is 35.3 Å². The maximum absolute atomic E-state index is 12.7. The molecule has 1 amide bonds. The van der Waals surface area contributed by atoms with Crippen molar-refractivity contribution >= 4 is 44.8 Å². The van der Waals surface area contributed by atoms with E-state index in [-0.39, 0.29) is 23.4 Å². The second-order valence-corrected chi connectivity index (χ2v) is 9.56. The fourth-order valence-corrected chi connectivity index (χ4v) is 4.33. The molecule has 2 aromatic carbocycles. The normalized spacial score (nSPS) is 12.5. The molecule has 0 saturated heterocycles. The molecule has 0 aliphatic rings. The number of sulfonamides is 1. The van der Waals surface area contributed by atoms with Gasteiger partial charge in [0.15, 0.2) is 0 Å². The zero-order chi connectivity index (χ0) is 21.8. The maximum Gasteiger partial charge on any atom is 0.243 e. The summed E-state index contributed by atoms with van der Waals surface area (Å²) in [7, 11) is -3.79. The first-order valence-corrected chi connectivity index (χ1v) is 11.6. The van der Waals surface area contributed by atoms with Crippen LogP contribution in [0.15, 0.2) is 42.5 Å². The number of ether oxygens (including phenoxy) is 1. The lowest BCUT2D eigenvalue weighted by molar-refractivity contribution is -0.122. The zero-order valence-electron chi connectivity index (χ0n) is 16.6. The van der Waals surface area contributed by atoms with Crippen LogP contribution in [0.4, 0.5) is 5.69 Å². The van der Waals surface area contributed by atoms with Crippen molar-refractivity contribution in [2.75, 3.05) is 10.6 Å². The average molecular weight is 459 g/mol. The molecule has 1 atom stereocenters. The smallest absolute Gasteiger partial charge is 0.243 e. The second kappa shape index (κ2) is 9.69. The SMILES string of the molecule is CC(C)Oc1ccc(CNC(=O)[C@@H](C)N(c2cc(Cl)ccc2Cl)S(C)(=O)=O)cc1. The Balaban J connectivity index is 2.14. The Morgan fingerprint density at radius 2 is 1.72 bits per heavy atom. The lowest BCUT2D eigenvalue weighted by atomic mass is 10.2. The van der Waals surface area contributed by atoms with Crippen LogP contribution in [0.3, 0.4) is 0 Å². The largest absolute Gasteiger partial charge is 0.491 e. The Kier molecular flexibility index (Phi) is 7.80. The first kappa shape index (κ1) is 23.3. The Hall–Kier alpha value is -1.96. The number of nitrogens with one attached hydrogen (secondary N) is 1. The van der Waals surface area contributed by atoms with E-state index < -0.39 is 22.0 Å². The third kappa shape index (κ3) is 6.52. The van der Waals surface area contributed by atoms with E-state index in [1.807, 2.05) is 38.1 Å². The molecule has 0 radical (unpaired) electrons. The molecule has 0 aliphatic heterocycles. The number of hydrogen-bond donors (Lipinski definition) is 1. The highest BCUT2D eigenvalue weighted by atomic mass is 35.5. The van der Waals surface area contributed by atoms with E-state index in [2.05, 4.69) is 5.32 Å². The molecule has 0 aromatic heterocycles. The Morgan fingerprint density at radius 3 is 2.28 bits per heavy atom. The number of benzene rings is 2. The van der Waals surface area contributed by atoms with Crippen LogP contribution < -0.4 is 14.4 Å². The van der Waals surface area contributed by atoms with Gasteiger partial charge in [0.2, 0.25) is 15.9 Å². The summed E-state index contributed by atoms with van der Waals surface area (Å²) in [5, 5.41) is 3.25. The van der Waals surface area contributed by atoms with Gasteiger partial charge in [0.25, 0.3) is 0 Å². The van der Waals surface area contributed by atoms with Gasteiger partial charge in [-0.05, 0) is 56.7 Å². The molecule has 2 rings (SSSR count). The van der Waals surface area contributed by atoms with Crippen molar-refractivity contribution in [3.63, 3.8) is 0 Å². The van der Waals surface area contributed by atoms with Crippen LogP contribution >= 0.6 is 23.2 Å². The summed E-state index contributed by atoms with van der Waals surface area (Å²) in [5.74, 6) is 0.274. The molecule has 2 aromatic rings. The van der Waals surface area contributed by atoms with E-state index in [0.29, 0.717) is 5.02 Å². The molecule has 0 saturated carbocycles. The molecular weight excluding hydrogens is 435 g/mol. The predicted molar refractivity (Wildman–Crippen MR) is 117 cm³/mol. The van der Waals surface area contributed by atoms with Crippen molar-refractivity contribution in [3.8, 4) is 5.75 Å². The summed E-state index contributed by atoms with van der Waals surface area (Å²) in [6, 6.07) is 10.7. The van der Waals surface area contributed by atoms with Gasteiger partial charge in [-0.25, -0.2) is 8.42 Å². The van der Waals surface area contributed by atoms with Crippen molar-refractivity contribution in [2.45, 2.75) is 39.5 Å². The van der Waals surface area contributed by atoms with E-state index >= 15 is 0 Å². The van der Waals surface area contributed by atoms with Crippen molar-refractivity contribution in [3.05, 3.63) is 58.1 Å². The molecule has 158 valence electrons. The molecule has 0 fully saturated rings. The number of carbonyl (C=O) groups is 1. The maximum atomic E-state index is 12.7. The summed E-state index contributed by atoms with van der Waals surface area (Å²) < 4.78 is 31.3. The summed E-state index contributed by atoms with van der Waals surface area (Å²) >= 11 is 12.2. The van der Waals surface area contributed by atoms with E-state index in [0.717, 1.165) is 21.9 Å². The van der Waals surface area contributed by atoms with E-state index in [4.69, 9.17) is 27.9 Å². The monoisotopic (exact) mass is 458 g/mol. The van der Waals surface area contributed by atoms with Gasteiger partial charge in [0.05, 0.1) is 23.1 Å². The van der Waals surface area contributed by atoms with Crippen molar-refractivity contribution < 1.29 is 17.9 Å². The van der Waals surface area contributed by atoms with Crippen molar-refractivity contribution in [1.82, 2.24) is 5.32 Å². The van der Waals surface area contributed by atoms with E-state index in [1.54, 1.807) is 6.07 Å². The highest BCUT2D eigenvalue weighted by molar-refractivity contribution is 7.92. The van der Waals surface area contributed by atoms with Crippen molar-refractivity contribution in [1.29, 1.82) is 0 Å². The van der Waals surface area contributed by atoms with E-state index in [9.17, 15) is 13.2 Å². The van der Waals surface area contributed by atoms with Gasteiger partial charge >= 0.3 is 0 Å². The minimum atomic E-state index is -3.79.